The van der Waals surface area contributed by atoms with Crippen LogP contribution >= 0.6 is 0 Å². The van der Waals surface area contributed by atoms with Gasteiger partial charge >= 0.3 is 6.18 Å². The van der Waals surface area contributed by atoms with E-state index in [-0.39, 0.29) is 18.6 Å². The van der Waals surface area contributed by atoms with E-state index in [1.807, 2.05) is 0 Å². The van der Waals surface area contributed by atoms with Crippen LogP contribution in [0, 0.1) is 29.6 Å². The van der Waals surface area contributed by atoms with Gasteiger partial charge in [-0.3, -0.25) is 0 Å². The maximum absolute atomic E-state index is 12.3. The van der Waals surface area contributed by atoms with Crippen molar-refractivity contribution in [3.8, 4) is 0 Å². The van der Waals surface area contributed by atoms with Crippen LogP contribution in [0.15, 0.2) is 0 Å². The van der Waals surface area contributed by atoms with Crippen LogP contribution < -0.4 is 0 Å². The lowest BCUT2D eigenvalue weighted by atomic mass is 9.68. The van der Waals surface area contributed by atoms with E-state index in [1.54, 1.807) is 0 Å². The summed E-state index contributed by atoms with van der Waals surface area (Å²) in [5.41, 5.74) is 0. The summed E-state index contributed by atoms with van der Waals surface area (Å²) in [6.45, 7) is 3.40. The van der Waals surface area contributed by atoms with Crippen molar-refractivity contribution in [3.63, 3.8) is 0 Å². The SMILES string of the molecule is CCCCCCC[C@H]1CC[C@H]([C@H]2CC[C@H]([C@H]3OC[C@H](CCCC(F)(F)F)CO3)CC2)CC1. The lowest BCUT2D eigenvalue weighted by molar-refractivity contribution is -0.231. The second kappa shape index (κ2) is 13.6. The third-order valence-electron chi connectivity index (χ3n) is 8.54. The van der Waals surface area contributed by atoms with Crippen LogP contribution in [0.3, 0.4) is 0 Å². The van der Waals surface area contributed by atoms with E-state index in [2.05, 4.69) is 6.92 Å². The smallest absolute Gasteiger partial charge is 0.352 e. The number of halogens is 3. The first-order chi connectivity index (χ1) is 15.4. The lowest BCUT2D eigenvalue weighted by Crippen LogP contribution is -2.39. The van der Waals surface area contributed by atoms with Crippen molar-refractivity contribution in [2.24, 2.45) is 29.6 Å². The van der Waals surface area contributed by atoms with Crippen LogP contribution in [0.4, 0.5) is 13.2 Å². The molecule has 0 radical (unpaired) electrons. The maximum atomic E-state index is 12.3. The minimum atomic E-state index is -4.05. The Morgan fingerprint density at radius 1 is 0.625 bits per heavy atom. The molecule has 0 aromatic heterocycles. The molecule has 0 N–H and O–H groups in total. The van der Waals surface area contributed by atoms with Gasteiger partial charge in [0.25, 0.3) is 0 Å². The molecule has 0 spiro atoms. The first-order valence-electron chi connectivity index (χ1n) is 13.7. The van der Waals surface area contributed by atoms with Crippen LogP contribution in [-0.4, -0.2) is 25.7 Å². The number of hydrogen-bond donors (Lipinski definition) is 0. The molecule has 1 aliphatic heterocycles. The van der Waals surface area contributed by atoms with E-state index in [0.29, 0.717) is 25.6 Å². The number of unbranched alkanes of at least 4 members (excludes halogenated alkanes) is 4. The van der Waals surface area contributed by atoms with Crippen molar-refractivity contribution in [2.45, 2.75) is 129 Å². The molecule has 0 amide bonds. The zero-order chi connectivity index (χ0) is 22.8. The molecule has 0 aromatic carbocycles. The first kappa shape index (κ1) is 26.3. The summed E-state index contributed by atoms with van der Waals surface area (Å²) in [5, 5.41) is 0. The Hall–Kier alpha value is -0.290. The van der Waals surface area contributed by atoms with Crippen molar-refractivity contribution in [2.75, 3.05) is 13.2 Å². The van der Waals surface area contributed by atoms with E-state index < -0.39 is 12.6 Å². The van der Waals surface area contributed by atoms with Gasteiger partial charge in [0.2, 0.25) is 0 Å². The van der Waals surface area contributed by atoms with Crippen molar-refractivity contribution >= 4 is 0 Å². The number of rotatable bonds is 11. The molecule has 2 aliphatic carbocycles. The topological polar surface area (TPSA) is 18.5 Å². The summed E-state index contributed by atoms with van der Waals surface area (Å²) in [4.78, 5) is 0. The number of alkyl halides is 3. The molecular formula is C27H47F3O2. The third kappa shape index (κ3) is 9.16. The Morgan fingerprint density at radius 3 is 1.75 bits per heavy atom. The second-order valence-electron chi connectivity index (χ2n) is 11.1. The molecular weight excluding hydrogens is 413 g/mol. The van der Waals surface area contributed by atoms with Crippen LogP contribution in [0.2, 0.25) is 0 Å². The molecule has 3 rings (SSSR count). The van der Waals surface area contributed by atoms with E-state index in [1.165, 1.54) is 89.9 Å². The molecule has 1 saturated heterocycles. The van der Waals surface area contributed by atoms with Gasteiger partial charge in [0.05, 0.1) is 13.2 Å². The maximum Gasteiger partial charge on any atom is 0.389 e. The first-order valence-corrected chi connectivity index (χ1v) is 13.7. The largest absolute Gasteiger partial charge is 0.389 e. The summed E-state index contributed by atoms with van der Waals surface area (Å²) >= 11 is 0. The Labute approximate surface area is 194 Å². The van der Waals surface area contributed by atoms with Gasteiger partial charge in [0.1, 0.15) is 0 Å². The van der Waals surface area contributed by atoms with E-state index in [0.717, 1.165) is 17.8 Å². The minimum absolute atomic E-state index is 0.117. The van der Waals surface area contributed by atoms with Gasteiger partial charge < -0.3 is 9.47 Å². The summed E-state index contributed by atoms with van der Waals surface area (Å²) < 4.78 is 48.9. The number of ether oxygens (including phenoxy) is 2. The molecule has 1 heterocycles. The number of hydrogen-bond acceptors (Lipinski definition) is 2. The van der Waals surface area contributed by atoms with Gasteiger partial charge in [-0.1, -0.05) is 58.3 Å². The molecule has 0 bridgehead atoms. The fraction of sp³-hybridized carbons (Fsp3) is 1.00. The molecule has 5 heteroatoms. The van der Waals surface area contributed by atoms with Gasteiger partial charge in [-0.2, -0.15) is 13.2 Å². The van der Waals surface area contributed by atoms with Gasteiger partial charge in [-0.15, -0.1) is 0 Å². The normalized spacial score (nSPS) is 34.5. The van der Waals surface area contributed by atoms with Crippen molar-refractivity contribution in [1.29, 1.82) is 0 Å². The fourth-order valence-corrected chi connectivity index (χ4v) is 6.46. The highest BCUT2D eigenvalue weighted by Gasteiger charge is 2.36. The highest BCUT2D eigenvalue weighted by molar-refractivity contribution is 4.83. The highest BCUT2D eigenvalue weighted by Crippen LogP contribution is 2.43. The van der Waals surface area contributed by atoms with Crippen molar-refractivity contribution in [3.05, 3.63) is 0 Å². The molecule has 3 fully saturated rings. The van der Waals surface area contributed by atoms with Crippen LogP contribution in [0.1, 0.15) is 116 Å². The summed E-state index contributed by atoms with van der Waals surface area (Å²) in [5.74, 6) is 3.39. The Balaban J connectivity index is 1.25. The quantitative estimate of drug-likeness (QED) is 0.287. The lowest BCUT2D eigenvalue weighted by Gasteiger charge is -2.41. The van der Waals surface area contributed by atoms with E-state index >= 15 is 0 Å². The van der Waals surface area contributed by atoms with E-state index in [4.69, 9.17) is 9.47 Å². The molecule has 32 heavy (non-hydrogen) atoms. The fourth-order valence-electron chi connectivity index (χ4n) is 6.46. The van der Waals surface area contributed by atoms with Gasteiger partial charge in [0, 0.05) is 18.3 Å². The molecule has 0 unspecified atom stereocenters. The Morgan fingerprint density at radius 2 is 1.16 bits per heavy atom. The predicted molar refractivity (Wildman–Crippen MR) is 123 cm³/mol. The molecule has 0 atom stereocenters. The van der Waals surface area contributed by atoms with Crippen LogP contribution in [0.25, 0.3) is 0 Å². The van der Waals surface area contributed by atoms with Crippen molar-refractivity contribution < 1.29 is 22.6 Å². The Bertz CT molecular complexity index is 486. The predicted octanol–water partition coefficient (Wildman–Crippen LogP) is 8.68. The van der Waals surface area contributed by atoms with Crippen LogP contribution in [-0.2, 0) is 9.47 Å². The van der Waals surface area contributed by atoms with Gasteiger partial charge in [-0.05, 0) is 69.1 Å². The summed E-state index contributed by atoms with van der Waals surface area (Å²) in [6, 6.07) is 0. The monoisotopic (exact) mass is 460 g/mol. The molecule has 2 nitrogen and oxygen atoms in total. The summed E-state index contributed by atoms with van der Waals surface area (Å²) in [7, 11) is 0. The standard InChI is InChI=1S/C27H47F3O2/c1-2-3-4-5-6-8-21-10-12-23(13-11-21)24-14-16-25(17-15-24)26-31-19-22(20-32-26)9-7-18-27(28,29)30/h21-26H,2-20H2,1H3/t21-,22-,23-,24-,25-,26-. The Kier molecular flexibility index (Phi) is 11.2. The van der Waals surface area contributed by atoms with Gasteiger partial charge in [-0.25, -0.2) is 0 Å². The average molecular weight is 461 g/mol. The van der Waals surface area contributed by atoms with Crippen molar-refractivity contribution in [1.82, 2.24) is 0 Å². The van der Waals surface area contributed by atoms with E-state index in [9.17, 15) is 13.2 Å². The third-order valence-corrected chi connectivity index (χ3v) is 8.54. The highest BCUT2D eigenvalue weighted by atomic mass is 19.4. The molecule has 188 valence electrons. The summed E-state index contributed by atoms with van der Waals surface area (Å²) in [6.07, 6.45) is 15.1. The van der Waals surface area contributed by atoms with Gasteiger partial charge in [0.15, 0.2) is 6.29 Å². The second-order valence-corrected chi connectivity index (χ2v) is 11.1. The molecule has 3 aliphatic rings. The minimum Gasteiger partial charge on any atom is -0.352 e. The molecule has 2 saturated carbocycles. The average Bonchev–Trinajstić information content (AvgIpc) is 2.79. The zero-order valence-corrected chi connectivity index (χ0v) is 20.3. The molecule has 0 aromatic rings. The zero-order valence-electron chi connectivity index (χ0n) is 20.3. The van der Waals surface area contributed by atoms with Crippen LogP contribution in [0.5, 0.6) is 0 Å².